The first-order chi connectivity index (χ1) is 17.8. The summed E-state index contributed by atoms with van der Waals surface area (Å²) >= 11 is 3.45. The molecule has 0 radical (unpaired) electrons. The molecule has 8 heteroatoms. The lowest BCUT2D eigenvalue weighted by atomic mass is 9.48. The lowest BCUT2D eigenvalue weighted by molar-refractivity contribution is -0.384. The van der Waals surface area contributed by atoms with E-state index in [0.29, 0.717) is 37.4 Å². The standard InChI is InChI=1S/C29H35BrN4O3/c1-19(29-16-20-11-21(17-29)13-22(12-20)18-29)31-26-15-25(5-6-27(26)34(36)37)32-7-9-33(10-8-32)28(35)23-3-2-4-24(30)14-23/h2-6,14-15,19-22,31H,7-13,16-18H2,1H3. The second-order valence-corrected chi connectivity index (χ2v) is 12.8. The summed E-state index contributed by atoms with van der Waals surface area (Å²) in [7, 11) is 0. The van der Waals surface area contributed by atoms with Gasteiger partial charge in [-0.25, -0.2) is 0 Å². The molecule has 196 valence electrons. The zero-order valence-corrected chi connectivity index (χ0v) is 23.0. The second kappa shape index (κ2) is 9.61. The summed E-state index contributed by atoms with van der Waals surface area (Å²) in [5.41, 5.74) is 2.68. The summed E-state index contributed by atoms with van der Waals surface area (Å²) < 4.78 is 0.894. The van der Waals surface area contributed by atoms with Crippen LogP contribution in [0.1, 0.15) is 55.8 Å². The molecular formula is C29H35BrN4O3. The first kappa shape index (κ1) is 24.7. The van der Waals surface area contributed by atoms with Gasteiger partial charge in [-0.3, -0.25) is 14.9 Å². The molecule has 1 heterocycles. The molecule has 7 rings (SSSR count). The van der Waals surface area contributed by atoms with Gasteiger partial charge in [0.2, 0.25) is 0 Å². The quantitative estimate of drug-likeness (QED) is 0.326. The zero-order valence-electron chi connectivity index (χ0n) is 21.4. The van der Waals surface area contributed by atoms with Crippen LogP contribution < -0.4 is 10.2 Å². The molecule has 1 atom stereocenters. The average molecular weight is 568 g/mol. The van der Waals surface area contributed by atoms with Crippen molar-refractivity contribution in [2.75, 3.05) is 36.4 Å². The van der Waals surface area contributed by atoms with E-state index >= 15 is 0 Å². The first-order valence-electron chi connectivity index (χ1n) is 13.6. The Kier molecular flexibility index (Phi) is 6.42. The molecule has 1 aliphatic heterocycles. The fourth-order valence-electron chi connectivity index (χ4n) is 8.06. The molecule has 5 fully saturated rings. The predicted molar refractivity (Wildman–Crippen MR) is 149 cm³/mol. The monoisotopic (exact) mass is 566 g/mol. The number of carbonyl (C=O) groups is 1. The van der Waals surface area contributed by atoms with E-state index in [1.807, 2.05) is 41.3 Å². The summed E-state index contributed by atoms with van der Waals surface area (Å²) in [5.74, 6) is 2.56. The molecular weight excluding hydrogens is 532 g/mol. The van der Waals surface area contributed by atoms with Crippen LogP contribution in [0.3, 0.4) is 0 Å². The van der Waals surface area contributed by atoms with Crippen LogP contribution in [-0.4, -0.2) is 48.0 Å². The Bertz CT molecular complexity index is 1170. The Morgan fingerprint density at radius 3 is 2.27 bits per heavy atom. The van der Waals surface area contributed by atoms with Crippen molar-refractivity contribution in [3.63, 3.8) is 0 Å². The number of hydrogen-bond donors (Lipinski definition) is 1. The molecule has 4 aliphatic carbocycles. The summed E-state index contributed by atoms with van der Waals surface area (Å²) in [5, 5.41) is 15.6. The molecule has 37 heavy (non-hydrogen) atoms. The number of hydrogen-bond acceptors (Lipinski definition) is 5. The normalized spacial score (nSPS) is 29.3. The molecule has 2 aromatic carbocycles. The van der Waals surface area contributed by atoms with Crippen LogP contribution in [0.15, 0.2) is 46.9 Å². The Morgan fingerprint density at radius 2 is 1.68 bits per heavy atom. The highest BCUT2D eigenvalue weighted by Crippen LogP contribution is 2.61. The number of nitro groups is 1. The number of halogens is 1. The Labute approximate surface area is 226 Å². The zero-order chi connectivity index (χ0) is 25.7. The first-order valence-corrected chi connectivity index (χ1v) is 14.4. The third kappa shape index (κ3) is 4.73. The van der Waals surface area contributed by atoms with Crippen LogP contribution >= 0.6 is 15.9 Å². The van der Waals surface area contributed by atoms with Gasteiger partial charge in [0.1, 0.15) is 5.69 Å². The maximum atomic E-state index is 13.0. The largest absolute Gasteiger partial charge is 0.376 e. The van der Waals surface area contributed by atoms with Crippen molar-refractivity contribution in [2.45, 2.75) is 51.5 Å². The Hall–Kier alpha value is -2.61. The number of nitro benzene ring substituents is 1. The Balaban J connectivity index is 1.17. The van der Waals surface area contributed by atoms with Crippen molar-refractivity contribution in [2.24, 2.45) is 23.2 Å². The molecule has 2 aromatic rings. The molecule has 0 spiro atoms. The van der Waals surface area contributed by atoms with Gasteiger partial charge in [-0.15, -0.1) is 0 Å². The highest BCUT2D eigenvalue weighted by molar-refractivity contribution is 9.10. The lowest BCUT2D eigenvalue weighted by Crippen LogP contribution is -2.53. The molecule has 1 unspecified atom stereocenters. The summed E-state index contributed by atoms with van der Waals surface area (Å²) in [4.78, 5) is 28.7. The van der Waals surface area contributed by atoms with Gasteiger partial charge >= 0.3 is 0 Å². The summed E-state index contributed by atoms with van der Waals surface area (Å²) in [6.07, 6.45) is 7.94. The topological polar surface area (TPSA) is 78.7 Å². The average Bonchev–Trinajstić information content (AvgIpc) is 2.87. The van der Waals surface area contributed by atoms with Crippen molar-refractivity contribution >= 4 is 38.9 Å². The van der Waals surface area contributed by atoms with Crippen molar-refractivity contribution in [1.29, 1.82) is 0 Å². The van der Waals surface area contributed by atoms with Gasteiger partial charge in [0.25, 0.3) is 11.6 Å². The minimum Gasteiger partial charge on any atom is -0.376 e. The molecule has 5 aliphatic rings. The van der Waals surface area contributed by atoms with E-state index in [1.54, 1.807) is 6.07 Å². The van der Waals surface area contributed by atoms with E-state index in [4.69, 9.17) is 0 Å². The molecule has 1 amide bonds. The maximum Gasteiger partial charge on any atom is 0.292 e. The van der Waals surface area contributed by atoms with E-state index in [0.717, 1.165) is 27.9 Å². The number of piperazine rings is 1. The van der Waals surface area contributed by atoms with Crippen LogP contribution in [0.2, 0.25) is 0 Å². The van der Waals surface area contributed by atoms with E-state index < -0.39 is 0 Å². The molecule has 7 nitrogen and oxygen atoms in total. The number of nitrogens with one attached hydrogen (secondary N) is 1. The van der Waals surface area contributed by atoms with Gasteiger partial charge in [0.15, 0.2) is 0 Å². The molecule has 4 saturated carbocycles. The van der Waals surface area contributed by atoms with Gasteiger partial charge in [-0.05, 0) is 98.9 Å². The summed E-state index contributed by atoms with van der Waals surface area (Å²) in [6.45, 7) is 4.88. The van der Waals surface area contributed by atoms with E-state index in [9.17, 15) is 14.9 Å². The highest BCUT2D eigenvalue weighted by atomic mass is 79.9. The lowest BCUT2D eigenvalue weighted by Gasteiger charge is -2.59. The Morgan fingerprint density at radius 1 is 1.03 bits per heavy atom. The van der Waals surface area contributed by atoms with Crippen molar-refractivity contribution < 1.29 is 9.72 Å². The van der Waals surface area contributed by atoms with E-state index in [-0.39, 0.29) is 28.0 Å². The summed E-state index contributed by atoms with van der Waals surface area (Å²) in [6, 6.07) is 13.2. The third-order valence-corrected chi connectivity index (χ3v) is 10.0. The van der Waals surface area contributed by atoms with Crippen LogP contribution in [0.25, 0.3) is 0 Å². The smallest absolute Gasteiger partial charge is 0.292 e. The number of rotatable bonds is 6. The van der Waals surface area contributed by atoms with Gasteiger partial charge < -0.3 is 15.1 Å². The molecule has 1 saturated heterocycles. The number of nitrogens with zero attached hydrogens (tertiary/aromatic N) is 3. The van der Waals surface area contributed by atoms with Crippen LogP contribution in [0.5, 0.6) is 0 Å². The maximum absolute atomic E-state index is 13.0. The molecule has 1 N–H and O–H groups in total. The van der Waals surface area contributed by atoms with Crippen LogP contribution in [0, 0.1) is 33.3 Å². The number of amides is 1. The minimum absolute atomic E-state index is 0.0383. The van der Waals surface area contributed by atoms with Crippen LogP contribution in [-0.2, 0) is 0 Å². The second-order valence-electron chi connectivity index (χ2n) is 11.9. The van der Waals surface area contributed by atoms with E-state index in [2.05, 4.69) is 33.1 Å². The SMILES string of the molecule is CC(Nc1cc(N2CCN(C(=O)c3cccc(Br)c3)CC2)ccc1[N+](=O)[O-])C12CC3CC(CC(C3)C1)C2. The van der Waals surface area contributed by atoms with Gasteiger partial charge in [-0.1, -0.05) is 22.0 Å². The van der Waals surface area contributed by atoms with Gasteiger partial charge in [0, 0.05) is 54.0 Å². The highest BCUT2D eigenvalue weighted by Gasteiger charge is 2.53. The van der Waals surface area contributed by atoms with Gasteiger partial charge in [0.05, 0.1) is 4.92 Å². The van der Waals surface area contributed by atoms with Gasteiger partial charge in [-0.2, -0.15) is 0 Å². The molecule has 4 bridgehead atoms. The van der Waals surface area contributed by atoms with Crippen molar-refractivity contribution in [1.82, 2.24) is 4.90 Å². The van der Waals surface area contributed by atoms with Crippen molar-refractivity contribution in [3.05, 3.63) is 62.6 Å². The number of anilines is 2. The minimum atomic E-state index is -0.271. The predicted octanol–water partition coefficient (Wildman–Crippen LogP) is 6.34. The fraction of sp³-hybridized carbons (Fsp3) is 0.552. The molecule has 0 aromatic heterocycles. The fourth-order valence-corrected chi connectivity index (χ4v) is 8.46. The van der Waals surface area contributed by atoms with E-state index in [1.165, 1.54) is 38.5 Å². The van der Waals surface area contributed by atoms with Crippen LogP contribution in [0.4, 0.5) is 17.1 Å². The number of carbonyl (C=O) groups excluding carboxylic acids is 1. The van der Waals surface area contributed by atoms with Crippen molar-refractivity contribution in [3.8, 4) is 0 Å². The third-order valence-electron chi connectivity index (χ3n) is 9.56. The number of benzene rings is 2.